The SMILES string of the molecule is N#Cc1c(C(F)(F)F)cc(-c2cccs2)nc1SC1CCCCNC1=O. The third-order valence-corrected chi connectivity index (χ3v) is 6.06. The standard InChI is InChI=1S/C17H14F3N3OS2/c18-17(19,20)11-8-12(13-5-3-7-25-13)23-16(10(11)9-21)26-14-4-1-2-6-22-15(14)24/h3,5,7-8,14H,1-2,4,6H2,(H,22,24). The summed E-state index contributed by atoms with van der Waals surface area (Å²) >= 11 is 2.20. The molecule has 1 fully saturated rings. The van der Waals surface area contributed by atoms with Crippen molar-refractivity contribution in [3.63, 3.8) is 0 Å². The number of thiophene rings is 1. The molecule has 0 aliphatic carbocycles. The van der Waals surface area contributed by atoms with Crippen molar-refractivity contribution in [3.8, 4) is 16.6 Å². The van der Waals surface area contributed by atoms with Gasteiger partial charge in [0.2, 0.25) is 5.91 Å². The predicted molar refractivity (Wildman–Crippen MR) is 93.8 cm³/mol. The molecule has 0 spiro atoms. The number of nitrogens with zero attached hydrogens (tertiary/aromatic N) is 2. The second kappa shape index (κ2) is 7.68. The van der Waals surface area contributed by atoms with E-state index in [4.69, 9.17) is 0 Å². The average Bonchev–Trinajstić information content (AvgIpc) is 3.06. The lowest BCUT2D eigenvalue weighted by Crippen LogP contribution is -2.30. The van der Waals surface area contributed by atoms with Crippen LogP contribution in [0.5, 0.6) is 0 Å². The van der Waals surface area contributed by atoms with E-state index < -0.39 is 22.6 Å². The lowest BCUT2D eigenvalue weighted by Gasteiger charge is -2.17. The van der Waals surface area contributed by atoms with Gasteiger partial charge < -0.3 is 5.32 Å². The Hall–Kier alpha value is -2.05. The number of alkyl halides is 3. The fraction of sp³-hybridized carbons (Fsp3) is 0.353. The van der Waals surface area contributed by atoms with Crippen LogP contribution in [0.3, 0.4) is 0 Å². The van der Waals surface area contributed by atoms with Crippen LogP contribution in [0.4, 0.5) is 13.2 Å². The Morgan fingerprint density at radius 3 is 2.85 bits per heavy atom. The van der Waals surface area contributed by atoms with Crippen LogP contribution in [0.2, 0.25) is 0 Å². The van der Waals surface area contributed by atoms with Crippen molar-refractivity contribution in [2.75, 3.05) is 6.54 Å². The number of amides is 1. The van der Waals surface area contributed by atoms with Crippen molar-refractivity contribution < 1.29 is 18.0 Å². The molecule has 0 bridgehead atoms. The van der Waals surface area contributed by atoms with Gasteiger partial charge in [-0.25, -0.2) is 4.98 Å². The molecule has 0 saturated carbocycles. The minimum absolute atomic E-state index is 0.0484. The van der Waals surface area contributed by atoms with E-state index >= 15 is 0 Å². The summed E-state index contributed by atoms with van der Waals surface area (Å²) in [6.45, 7) is 0.553. The first-order chi connectivity index (χ1) is 12.4. The number of rotatable bonds is 3. The number of halogens is 3. The Bertz CT molecular complexity index is 844. The zero-order chi connectivity index (χ0) is 18.7. The summed E-state index contributed by atoms with van der Waals surface area (Å²) < 4.78 is 40.5. The topological polar surface area (TPSA) is 65.8 Å². The third kappa shape index (κ3) is 4.02. The lowest BCUT2D eigenvalue weighted by molar-refractivity contribution is -0.138. The van der Waals surface area contributed by atoms with Crippen molar-refractivity contribution in [2.24, 2.45) is 0 Å². The molecule has 9 heteroatoms. The number of hydrogen-bond acceptors (Lipinski definition) is 5. The molecule has 1 atom stereocenters. The summed E-state index contributed by atoms with van der Waals surface area (Å²) in [4.78, 5) is 17.0. The van der Waals surface area contributed by atoms with Crippen molar-refractivity contribution in [2.45, 2.75) is 35.7 Å². The summed E-state index contributed by atoms with van der Waals surface area (Å²) in [6.07, 6.45) is -2.53. The van der Waals surface area contributed by atoms with Crippen LogP contribution in [0.15, 0.2) is 28.6 Å². The van der Waals surface area contributed by atoms with Gasteiger partial charge in [0, 0.05) is 6.54 Å². The molecule has 1 amide bonds. The predicted octanol–water partition coefficient (Wildman–Crippen LogP) is 4.46. The molecule has 1 N–H and O–H groups in total. The van der Waals surface area contributed by atoms with Gasteiger partial charge in [0.25, 0.3) is 0 Å². The van der Waals surface area contributed by atoms with E-state index in [9.17, 15) is 23.2 Å². The van der Waals surface area contributed by atoms with Gasteiger partial charge >= 0.3 is 6.18 Å². The summed E-state index contributed by atoms with van der Waals surface area (Å²) in [5.41, 5.74) is -1.39. The zero-order valence-electron chi connectivity index (χ0n) is 13.5. The van der Waals surface area contributed by atoms with Crippen LogP contribution >= 0.6 is 23.1 Å². The summed E-state index contributed by atoms with van der Waals surface area (Å²) in [6, 6.07) is 5.93. The maximum absolute atomic E-state index is 13.5. The molecule has 3 rings (SSSR count). The van der Waals surface area contributed by atoms with Gasteiger partial charge in [-0.1, -0.05) is 24.2 Å². The van der Waals surface area contributed by atoms with Gasteiger partial charge in [0.15, 0.2) is 0 Å². The van der Waals surface area contributed by atoms with Gasteiger partial charge in [-0.15, -0.1) is 11.3 Å². The molecule has 0 aromatic carbocycles. The van der Waals surface area contributed by atoms with Crippen LogP contribution < -0.4 is 5.32 Å². The molecule has 3 heterocycles. The largest absolute Gasteiger partial charge is 0.417 e. The number of aromatic nitrogens is 1. The molecule has 1 aliphatic rings. The van der Waals surface area contributed by atoms with Gasteiger partial charge in [-0.3, -0.25) is 4.79 Å². The molecule has 0 radical (unpaired) electrons. The van der Waals surface area contributed by atoms with Gasteiger partial charge in [-0.2, -0.15) is 18.4 Å². The molecule has 4 nitrogen and oxygen atoms in total. The quantitative estimate of drug-likeness (QED) is 0.830. The molecule has 1 unspecified atom stereocenters. The van der Waals surface area contributed by atoms with E-state index in [1.54, 1.807) is 23.6 Å². The normalized spacial score (nSPS) is 18.1. The van der Waals surface area contributed by atoms with Crippen molar-refractivity contribution in [1.82, 2.24) is 10.3 Å². The second-order valence-corrected chi connectivity index (χ2v) is 7.85. The van der Waals surface area contributed by atoms with E-state index in [1.165, 1.54) is 11.3 Å². The minimum atomic E-state index is -4.68. The van der Waals surface area contributed by atoms with Gasteiger partial charge in [0.1, 0.15) is 11.1 Å². The fourth-order valence-corrected chi connectivity index (χ4v) is 4.50. The Kier molecular flexibility index (Phi) is 5.53. The smallest absolute Gasteiger partial charge is 0.355 e. The molecule has 136 valence electrons. The molecular weight excluding hydrogens is 383 g/mol. The minimum Gasteiger partial charge on any atom is -0.355 e. The number of hydrogen-bond donors (Lipinski definition) is 1. The van der Waals surface area contributed by atoms with Crippen LogP contribution in [0, 0.1) is 11.3 Å². The van der Waals surface area contributed by atoms with Crippen LogP contribution in [-0.4, -0.2) is 22.7 Å². The Morgan fingerprint density at radius 1 is 1.38 bits per heavy atom. The highest BCUT2D eigenvalue weighted by molar-refractivity contribution is 8.00. The first-order valence-corrected chi connectivity index (χ1v) is 9.66. The molecular formula is C17H14F3N3OS2. The van der Waals surface area contributed by atoms with Gasteiger partial charge in [-0.05, 0) is 30.4 Å². The van der Waals surface area contributed by atoms with Crippen molar-refractivity contribution in [3.05, 3.63) is 34.7 Å². The average molecular weight is 397 g/mol. The molecule has 1 saturated heterocycles. The summed E-state index contributed by atoms with van der Waals surface area (Å²) in [5.74, 6) is -0.228. The highest BCUT2D eigenvalue weighted by Crippen LogP contribution is 2.40. The number of carbonyl (C=O) groups excluding carboxylic acids is 1. The van der Waals surface area contributed by atoms with Crippen LogP contribution in [0.25, 0.3) is 10.6 Å². The lowest BCUT2D eigenvalue weighted by atomic mass is 10.1. The Balaban J connectivity index is 2.08. The van der Waals surface area contributed by atoms with Gasteiger partial charge in [0.05, 0.1) is 26.9 Å². The molecule has 2 aromatic heterocycles. The maximum atomic E-state index is 13.5. The fourth-order valence-electron chi connectivity index (χ4n) is 2.65. The van der Waals surface area contributed by atoms with E-state index in [0.29, 0.717) is 17.8 Å². The van der Waals surface area contributed by atoms with Crippen LogP contribution in [0.1, 0.15) is 30.4 Å². The van der Waals surface area contributed by atoms with Crippen molar-refractivity contribution >= 4 is 29.0 Å². The number of pyridine rings is 1. The van der Waals surface area contributed by atoms with Crippen molar-refractivity contribution in [1.29, 1.82) is 5.26 Å². The zero-order valence-corrected chi connectivity index (χ0v) is 15.1. The Morgan fingerprint density at radius 2 is 2.19 bits per heavy atom. The third-order valence-electron chi connectivity index (χ3n) is 3.92. The highest BCUT2D eigenvalue weighted by Gasteiger charge is 2.37. The first-order valence-electron chi connectivity index (χ1n) is 7.90. The van der Waals surface area contributed by atoms with Crippen LogP contribution in [-0.2, 0) is 11.0 Å². The van der Waals surface area contributed by atoms with E-state index in [-0.39, 0.29) is 16.6 Å². The highest BCUT2D eigenvalue weighted by atomic mass is 32.2. The number of nitrogens with one attached hydrogen (secondary N) is 1. The summed E-state index contributed by atoms with van der Waals surface area (Å²) in [7, 11) is 0. The number of nitriles is 1. The molecule has 1 aliphatic heterocycles. The number of thioether (sulfide) groups is 1. The molecule has 2 aromatic rings. The van der Waals surface area contributed by atoms with E-state index in [0.717, 1.165) is 30.7 Å². The maximum Gasteiger partial charge on any atom is 0.417 e. The second-order valence-electron chi connectivity index (χ2n) is 5.72. The monoisotopic (exact) mass is 397 g/mol. The van der Waals surface area contributed by atoms with E-state index in [1.807, 2.05) is 0 Å². The summed E-state index contributed by atoms with van der Waals surface area (Å²) in [5, 5.41) is 13.2. The molecule has 26 heavy (non-hydrogen) atoms. The number of carbonyl (C=O) groups is 1. The Labute approximate surface area is 156 Å². The van der Waals surface area contributed by atoms with E-state index in [2.05, 4.69) is 10.3 Å². The first kappa shape index (κ1) is 18.7.